The highest BCUT2D eigenvalue weighted by molar-refractivity contribution is 7.11. The fourth-order valence-electron chi connectivity index (χ4n) is 1.09. The lowest BCUT2D eigenvalue weighted by Gasteiger charge is -1.98. The molecule has 1 aromatic heterocycles. The summed E-state index contributed by atoms with van der Waals surface area (Å²) in [6.45, 7) is 2.13. The van der Waals surface area contributed by atoms with E-state index in [1.54, 1.807) is 6.20 Å². The molecule has 2 atom stereocenters. The van der Waals surface area contributed by atoms with Crippen LogP contribution in [0.2, 0.25) is 0 Å². The Morgan fingerprint density at radius 2 is 2.58 bits per heavy atom. The zero-order valence-electron chi connectivity index (χ0n) is 6.78. The standard InChI is InChI=1S/C8H10N2OS/c1-5-4-6(5)10-7(11)8-9-2-3-12-8/h2-3,5-6H,4H2,1H3,(H,10,11)/t5-,6-/m1/s1. The molecular formula is C8H10N2OS. The molecule has 0 aliphatic heterocycles. The molecule has 1 saturated carbocycles. The van der Waals surface area contributed by atoms with Gasteiger partial charge in [0, 0.05) is 17.6 Å². The molecular weight excluding hydrogens is 172 g/mol. The van der Waals surface area contributed by atoms with Crippen molar-refractivity contribution in [2.45, 2.75) is 19.4 Å². The van der Waals surface area contributed by atoms with Crippen LogP contribution in [0.3, 0.4) is 0 Å². The van der Waals surface area contributed by atoms with Crippen LogP contribution in [-0.4, -0.2) is 16.9 Å². The summed E-state index contributed by atoms with van der Waals surface area (Å²) < 4.78 is 0. The molecule has 1 aliphatic carbocycles. The number of hydrogen-bond donors (Lipinski definition) is 1. The first kappa shape index (κ1) is 7.73. The van der Waals surface area contributed by atoms with Gasteiger partial charge in [0.15, 0.2) is 5.01 Å². The van der Waals surface area contributed by atoms with Crippen LogP contribution in [0.15, 0.2) is 11.6 Å². The monoisotopic (exact) mass is 182 g/mol. The van der Waals surface area contributed by atoms with Crippen molar-refractivity contribution in [2.24, 2.45) is 5.92 Å². The van der Waals surface area contributed by atoms with Gasteiger partial charge >= 0.3 is 0 Å². The lowest BCUT2D eigenvalue weighted by Crippen LogP contribution is -2.26. The van der Waals surface area contributed by atoms with E-state index in [0.29, 0.717) is 17.0 Å². The van der Waals surface area contributed by atoms with Crippen molar-refractivity contribution in [3.05, 3.63) is 16.6 Å². The Labute approximate surface area is 74.8 Å². The van der Waals surface area contributed by atoms with Crippen LogP contribution in [-0.2, 0) is 0 Å². The van der Waals surface area contributed by atoms with Gasteiger partial charge in [-0.1, -0.05) is 6.92 Å². The van der Waals surface area contributed by atoms with Crippen molar-refractivity contribution < 1.29 is 4.79 Å². The first-order valence-corrected chi connectivity index (χ1v) is 4.85. The molecule has 4 heteroatoms. The number of nitrogens with zero attached hydrogens (tertiary/aromatic N) is 1. The molecule has 0 bridgehead atoms. The Bertz CT molecular complexity index is 283. The second-order valence-corrected chi connectivity index (χ2v) is 4.02. The van der Waals surface area contributed by atoms with Gasteiger partial charge < -0.3 is 5.32 Å². The van der Waals surface area contributed by atoms with E-state index in [4.69, 9.17) is 0 Å². The summed E-state index contributed by atoms with van der Waals surface area (Å²) in [7, 11) is 0. The third-order valence-corrected chi connectivity index (χ3v) is 2.82. The maximum absolute atomic E-state index is 11.3. The number of hydrogen-bond acceptors (Lipinski definition) is 3. The highest BCUT2D eigenvalue weighted by Gasteiger charge is 2.34. The van der Waals surface area contributed by atoms with Gasteiger partial charge in [0.1, 0.15) is 0 Å². The van der Waals surface area contributed by atoms with Crippen LogP contribution in [0.25, 0.3) is 0 Å². The van der Waals surface area contributed by atoms with Crippen LogP contribution in [0.4, 0.5) is 0 Å². The molecule has 1 amide bonds. The number of nitrogens with one attached hydrogen (secondary N) is 1. The summed E-state index contributed by atoms with van der Waals surface area (Å²) in [6.07, 6.45) is 2.76. The fraction of sp³-hybridized carbons (Fsp3) is 0.500. The molecule has 0 spiro atoms. The van der Waals surface area contributed by atoms with Crippen molar-refractivity contribution in [1.29, 1.82) is 0 Å². The van der Waals surface area contributed by atoms with Crippen LogP contribution in [0.5, 0.6) is 0 Å². The average Bonchev–Trinajstić information content (AvgIpc) is 2.58. The van der Waals surface area contributed by atoms with Gasteiger partial charge in [0.2, 0.25) is 0 Å². The second kappa shape index (κ2) is 2.86. The first-order valence-electron chi connectivity index (χ1n) is 3.97. The molecule has 1 fully saturated rings. The Hall–Kier alpha value is -0.900. The van der Waals surface area contributed by atoms with Gasteiger partial charge in [-0.25, -0.2) is 4.98 Å². The minimum absolute atomic E-state index is 0.0284. The topological polar surface area (TPSA) is 42.0 Å². The van der Waals surface area contributed by atoms with Gasteiger partial charge in [-0.3, -0.25) is 4.79 Å². The molecule has 1 heterocycles. The van der Waals surface area contributed by atoms with Crippen LogP contribution in [0.1, 0.15) is 23.1 Å². The molecule has 0 radical (unpaired) electrons. The second-order valence-electron chi connectivity index (χ2n) is 3.13. The molecule has 12 heavy (non-hydrogen) atoms. The maximum Gasteiger partial charge on any atom is 0.280 e. The summed E-state index contributed by atoms with van der Waals surface area (Å²) in [6, 6.07) is 0.390. The SMILES string of the molecule is C[C@@H]1C[C@H]1NC(=O)c1nccs1. The summed E-state index contributed by atoms with van der Waals surface area (Å²) in [4.78, 5) is 15.3. The highest BCUT2D eigenvalue weighted by atomic mass is 32.1. The zero-order chi connectivity index (χ0) is 8.55. The van der Waals surface area contributed by atoms with Crippen LogP contribution < -0.4 is 5.32 Å². The third-order valence-electron chi connectivity index (χ3n) is 2.05. The van der Waals surface area contributed by atoms with Gasteiger partial charge in [0.25, 0.3) is 5.91 Å². The van der Waals surface area contributed by atoms with E-state index in [9.17, 15) is 4.79 Å². The highest BCUT2D eigenvalue weighted by Crippen LogP contribution is 2.29. The molecule has 0 saturated heterocycles. The molecule has 0 aromatic carbocycles. The number of rotatable bonds is 2. The van der Waals surface area contributed by atoms with Gasteiger partial charge in [-0.15, -0.1) is 11.3 Å². The Morgan fingerprint density at radius 1 is 1.83 bits per heavy atom. The van der Waals surface area contributed by atoms with E-state index in [1.165, 1.54) is 11.3 Å². The molecule has 2 rings (SSSR count). The smallest absolute Gasteiger partial charge is 0.280 e. The molecule has 1 N–H and O–H groups in total. The number of carbonyl (C=O) groups excluding carboxylic acids is 1. The van der Waals surface area contributed by atoms with Crippen molar-refractivity contribution in [2.75, 3.05) is 0 Å². The summed E-state index contributed by atoms with van der Waals surface area (Å²) in [5.41, 5.74) is 0. The molecule has 0 unspecified atom stereocenters. The molecule has 64 valence electrons. The van der Waals surface area contributed by atoms with Crippen LogP contribution in [0, 0.1) is 5.92 Å². The molecule has 3 nitrogen and oxygen atoms in total. The minimum Gasteiger partial charge on any atom is -0.347 e. The van der Waals surface area contributed by atoms with E-state index >= 15 is 0 Å². The van der Waals surface area contributed by atoms with Gasteiger partial charge in [0.05, 0.1) is 0 Å². The summed E-state index contributed by atoms with van der Waals surface area (Å²) in [5, 5.41) is 5.29. The van der Waals surface area contributed by atoms with Crippen molar-refractivity contribution in [3.63, 3.8) is 0 Å². The van der Waals surface area contributed by atoms with E-state index < -0.39 is 0 Å². The number of amides is 1. The van der Waals surface area contributed by atoms with Gasteiger partial charge in [-0.2, -0.15) is 0 Å². The zero-order valence-corrected chi connectivity index (χ0v) is 7.60. The van der Waals surface area contributed by atoms with E-state index in [-0.39, 0.29) is 5.91 Å². The first-order chi connectivity index (χ1) is 5.77. The van der Waals surface area contributed by atoms with E-state index in [2.05, 4.69) is 17.2 Å². The lowest BCUT2D eigenvalue weighted by molar-refractivity contribution is 0.0949. The summed E-state index contributed by atoms with van der Waals surface area (Å²) in [5.74, 6) is 0.619. The molecule has 1 aliphatic rings. The summed E-state index contributed by atoms with van der Waals surface area (Å²) >= 11 is 1.38. The number of carbonyl (C=O) groups is 1. The Balaban J connectivity index is 1.93. The Morgan fingerprint density at radius 3 is 3.08 bits per heavy atom. The van der Waals surface area contributed by atoms with Crippen molar-refractivity contribution in [1.82, 2.24) is 10.3 Å². The van der Waals surface area contributed by atoms with Gasteiger partial charge in [-0.05, 0) is 12.3 Å². The number of aromatic nitrogens is 1. The average molecular weight is 182 g/mol. The normalized spacial score (nSPS) is 26.8. The minimum atomic E-state index is -0.0284. The Kier molecular flexibility index (Phi) is 1.84. The van der Waals surface area contributed by atoms with Crippen molar-refractivity contribution >= 4 is 17.2 Å². The van der Waals surface area contributed by atoms with E-state index in [1.807, 2.05) is 5.38 Å². The quantitative estimate of drug-likeness (QED) is 0.748. The largest absolute Gasteiger partial charge is 0.347 e. The predicted octanol–water partition coefficient (Wildman–Crippen LogP) is 1.28. The van der Waals surface area contributed by atoms with Crippen molar-refractivity contribution in [3.8, 4) is 0 Å². The fourth-order valence-corrected chi connectivity index (χ4v) is 1.63. The third kappa shape index (κ3) is 1.48. The van der Waals surface area contributed by atoms with Crippen LogP contribution >= 0.6 is 11.3 Å². The number of thiazole rings is 1. The lowest BCUT2D eigenvalue weighted by atomic mass is 10.4. The maximum atomic E-state index is 11.3. The van der Waals surface area contributed by atoms with E-state index in [0.717, 1.165) is 6.42 Å². The predicted molar refractivity (Wildman–Crippen MR) is 47.1 cm³/mol. The molecule has 1 aromatic rings.